The minimum absolute atomic E-state index is 0.00140. The number of rotatable bonds is 4. The van der Waals surface area contributed by atoms with Gasteiger partial charge in [-0.05, 0) is 36.8 Å². The largest absolute Gasteiger partial charge is 0.493 e. The minimum atomic E-state index is -0.367. The van der Waals surface area contributed by atoms with Gasteiger partial charge in [-0.25, -0.2) is 4.98 Å². The number of allylic oxidation sites excluding steroid dienone is 1. The van der Waals surface area contributed by atoms with Crippen LogP contribution in [0.15, 0.2) is 53.7 Å². The lowest BCUT2D eigenvalue weighted by atomic mass is 9.93. The van der Waals surface area contributed by atoms with E-state index >= 15 is 0 Å². The maximum atomic E-state index is 13.8. The van der Waals surface area contributed by atoms with Gasteiger partial charge in [0.15, 0.2) is 11.5 Å². The molecule has 2 aromatic carbocycles. The average Bonchev–Trinajstić information content (AvgIpc) is 3.20. The highest BCUT2D eigenvalue weighted by Gasteiger charge is 2.36. The van der Waals surface area contributed by atoms with Crippen LogP contribution in [-0.4, -0.2) is 60.9 Å². The van der Waals surface area contributed by atoms with Crippen LogP contribution in [0.5, 0.6) is 11.5 Å². The van der Waals surface area contributed by atoms with Crippen molar-refractivity contribution < 1.29 is 19.0 Å². The molecule has 0 spiro atoms. The first-order valence-electron chi connectivity index (χ1n) is 10.7. The van der Waals surface area contributed by atoms with Crippen molar-refractivity contribution in [1.82, 2.24) is 14.5 Å². The third-order valence-electron chi connectivity index (χ3n) is 6.08. The Labute approximate surface area is 186 Å². The summed E-state index contributed by atoms with van der Waals surface area (Å²) in [7, 11) is 3.23. The quantitative estimate of drug-likeness (QED) is 0.680. The second-order valence-electron chi connectivity index (χ2n) is 7.88. The number of methoxy groups -OCH3 is 2. The van der Waals surface area contributed by atoms with Gasteiger partial charge in [0.05, 0.1) is 50.1 Å². The minimum Gasteiger partial charge on any atom is -0.493 e. The van der Waals surface area contributed by atoms with E-state index in [4.69, 9.17) is 19.2 Å². The Kier molecular flexibility index (Phi) is 5.22. The molecule has 3 aromatic rings. The Morgan fingerprint density at radius 1 is 1.09 bits per heavy atom. The van der Waals surface area contributed by atoms with E-state index in [1.165, 1.54) is 0 Å². The van der Waals surface area contributed by atoms with Crippen molar-refractivity contribution in [2.24, 2.45) is 0 Å². The maximum absolute atomic E-state index is 13.8. The molecule has 1 saturated heterocycles. The maximum Gasteiger partial charge on any atom is 0.254 e. The van der Waals surface area contributed by atoms with Crippen LogP contribution in [-0.2, 0) is 9.53 Å². The number of carbonyl (C=O) groups is 1. The van der Waals surface area contributed by atoms with E-state index in [2.05, 4.69) is 9.88 Å². The van der Waals surface area contributed by atoms with Crippen molar-refractivity contribution in [3.05, 3.63) is 59.3 Å². The van der Waals surface area contributed by atoms with Crippen molar-refractivity contribution in [2.75, 3.05) is 45.8 Å². The van der Waals surface area contributed by atoms with E-state index in [1.54, 1.807) is 14.2 Å². The van der Waals surface area contributed by atoms with Gasteiger partial charge < -0.3 is 24.4 Å². The van der Waals surface area contributed by atoms with E-state index in [9.17, 15) is 4.79 Å². The van der Waals surface area contributed by atoms with Crippen molar-refractivity contribution >= 4 is 22.9 Å². The van der Waals surface area contributed by atoms with E-state index in [0.717, 1.165) is 22.3 Å². The number of anilines is 1. The number of ether oxygens (including phenoxy) is 3. The van der Waals surface area contributed by atoms with Crippen LogP contribution < -0.4 is 14.8 Å². The van der Waals surface area contributed by atoms with Gasteiger partial charge in [0, 0.05) is 18.8 Å². The van der Waals surface area contributed by atoms with Crippen LogP contribution in [0.1, 0.15) is 18.5 Å². The molecular formula is C24H26N4O4. The first-order valence-corrected chi connectivity index (χ1v) is 10.7. The molecule has 32 heavy (non-hydrogen) atoms. The summed E-state index contributed by atoms with van der Waals surface area (Å²) in [5.74, 6) is 1.97. The summed E-state index contributed by atoms with van der Waals surface area (Å²) in [6, 6.07) is 13.4. The van der Waals surface area contributed by atoms with E-state index in [-0.39, 0.29) is 11.9 Å². The summed E-state index contributed by atoms with van der Waals surface area (Å²) < 4.78 is 18.6. The molecule has 0 saturated carbocycles. The number of para-hydroxylation sites is 2. The summed E-state index contributed by atoms with van der Waals surface area (Å²) >= 11 is 0. The normalized spacial score (nSPS) is 18.3. The number of amides is 1. The summed E-state index contributed by atoms with van der Waals surface area (Å²) in [6.07, 6.45) is 0. The average molecular weight is 434 g/mol. The van der Waals surface area contributed by atoms with Gasteiger partial charge in [-0.15, -0.1) is 0 Å². The van der Waals surface area contributed by atoms with Crippen LogP contribution in [0.4, 0.5) is 5.95 Å². The number of aromatic nitrogens is 2. The fourth-order valence-corrected chi connectivity index (χ4v) is 4.52. The van der Waals surface area contributed by atoms with Gasteiger partial charge in [-0.3, -0.25) is 9.36 Å². The summed E-state index contributed by atoms with van der Waals surface area (Å²) in [4.78, 5) is 20.4. The van der Waals surface area contributed by atoms with Gasteiger partial charge in [-0.2, -0.15) is 0 Å². The number of morpholine rings is 1. The number of carbonyl (C=O) groups excluding carboxylic acids is 1. The molecule has 3 heterocycles. The summed E-state index contributed by atoms with van der Waals surface area (Å²) in [5.41, 5.74) is 4.23. The number of benzene rings is 2. The lowest BCUT2D eigenvalue weighted by Gasteiger charge is -2.35. The Bertz CT molecular complexity index is 1210. The number of nitrogens with zero attached hydrogens (tertiary/aromatic N) is 3. The molecule has 1 N–H and O–H groups in total. The zero-order chi connectivity index (χ0) is 22.2. The number of imidazole rings is 1. The molecule has 2 aliphatic heterocycles. The second kappa shape index (κ2) is 8.20. The monoisotopic (exact) mass is 434 g/mol. The molecule has 1 atom stereocenters. The molecule has 0 bridgehead atoms. The van der Waals surface area contributed by atoms with Gasteiger partial charge >= 0.3 is 0 Å². The zero-order valence-electron chi connectivity index (χ0n) is 18.4. The number of hydrogen-bond acceptors (Lipinski definition) is 6. The fourth-order valence-electron chi connectivity index (χ4n) is 4.52. The van der Waals surface area contributed by atoms with Crippen molar-refractivity contribution in [1.29, 1.82) is 0 Å². The molecular weight excluding hydrogens is 408 g/mol. The molecule has 1 amide bonds. The van der Waals surface area contributed by atoms with Crippen LogP contribution in [0.25, 0.3) is 11.0 Å². The highest BCUT2D eigenvalue weighted by atomic mass is 16.5. The SMILES string of the molecule is COc1ccc([C@@H]2C(C(=O)N3CCOCC3)=C(C)Nc3nc4ccccc4n32)cc1OC. The predicted octanol–water partition coefficient (Wildman–Crippen LogP) is 3.20. The zero-order valence-corrected chi connectivity index (χ0v) is 18.4. The molecule has 1 fully saturated rings. The summed E-state index contributed by atoms with van der Waals surface area (Å²) in [6.45, 7) is 4.18. The third kappa shape index (κ3) is 3.27. The van der Waals surface area contributed by atoms with Gasteiger partial charge in [0.1, 0.15) is 0 Å². The van der Waals surface area contributed by atoms with Crippen LogP contribution >= 0.6 is 0 Å². The van der Waals surface area contributed by atoms with Crippen molar-refractivity contribution in [3.63, 3.8) is 0 Å². The lowest BCUT2D eigenvalue weighted by molar-refractivity contribution is -0.131. The predicted molar refractivity (Wildman–Crippen MR) is 121 cm³/mol. The lowest BCUT2D eigenvalue weighted by Crippen LogP contribution is -2.44. The molecule has 1 aromatic heterocycles. The number of hydrogen-bond donors (Lipinski definition) is 1. The number of fused-ring (bicyclic) bond motifs is 3. The van der Waals surface area contributed by atoms with Gasteiger partial charge in [0.2, 0.25) is 5.95 Å². The molecule has 2 aliphatic rings. The van der Waals surface area contributed by atoms with E-state index < -0.39 is 0 Å². The fraction of sp³-hybridized carbons (Fsp3) is 0.333. The molecule has 8 heteroatoms. The Morgan fingerprint density at radius 3 is 2.59 bits per heavy atom. The topological polar surface area (TPSA) is 77.9 Å². The molecule has 0 unspecified atom stereocenters. The highest BCUT2D eigenvalue weighted by molar-refractivity contribution is 5.98. The van der Waals surface area contributed by atoms with Crippen molar-refractivity contribution in [3.8, 4) is 11.5 Å². The van der Waals surface area contributed by atoms with E-state index in [0.29, 0.717) is 49.3 Å². The Hall–Kier alpha value is -3.52. The van der Waals surface area contributed by atoms with E-state index in [1.807, 2.05) is 54.3 Å². The van der Waals surface area contributed by atoms with Gasteiger partial charge in [0.25, 0.3) is 5.91 Å². The molecule has 0 radical (unpaired) electrons. The summed E-state index contributed by atoms with van der Waals surface area (Å²) in [5, 5.41) is 3.37. The molecule has 8 nitrogen and oxygen atoms in total. The second-order valence-corrected chi connectivity index (χ2v) is 7.88. The Morgan fingerprint density at radius 2 is 1.84 bits per heavy atom. The highest BCUT2D eigenvalue weighted by Crippen LogP contribution is 2.42. The molecule has 5 rings (SSSR count). The smallest absolute Gasteiger partial charge is 0.254 e. The standard InChI is InChI=1S/C24H26N4O4/c1-15-21(23(29)27-10-12-32-13-11-27)22(16-8-9-19(30-2)20(14-16)31-3)28-18-7-5-4-6-17(18)26-24(28)25-15/h4-9,14,22H,10-13H2,1-3H3,(H,25,26)/t22-/m1/s1. The van der Waals surface area contributed by atoms with Crippen LogP contribution in [0, 0.1) is 0 Å². The first-order chi connectivity index (χ1) is 15.6. The number of nitrogens with one attached hydrogen (secondary N) is 1. The van der Waals surface area contributed by atoms with Crippen LogP contribution in [0.3, 0.4) is 0 Å². The third-order valence-corrected chi connectivity index (χ3v) is 6.08. The first kappa shape index (κ1) is 20.4. The van der Waals surface area contributed by atoms with Crippen molar-refractivity contribution in [2.45, 2.75) is 13.0 Å². The molecule has 0 aliphatic carbocycles. The molecule has 166 valence electrons. The Balaban J connectivity index is 1.71. The van der Waals surface area contributed by atoms with Crippen LogP contribution in [0.2, 0.25) is 0 Å². The van der Waals surface area contributed by atoms with Gasteiger partial charge in [-0.1, -0.05) is 18.2 Å².